The van der Waals surface area contributed by atoms with Gasteiger partial charge in [0.25, 0.3) is 0 Å². The average molecular weight is 285 g/mol. The van der Waals surface area contributed by atoms with Crippen molar-refractivity contribution in [2.45, 2.75) is 17.8 Å². The first-order valence-electron chi connectivity index (χ1n) is 6.31. The molecule has 0 bridgehead atoms. The Balaban J connectivity index is 1.71. The molecule has 3 aromatic rings. The fourth-order valence-corrected chi connectivity index (χ4v) is 2.62. The number of aromatic amines is 1. The lowest BCUT2D eigenvalue weighted by Crippen LogP contribution is -1.94. The Hall–Kier alpha value is -2.08. The van der Waals surface area contributed by atoms with E-state index >= 15 is 0 Å². The number of H-pyrrole nitrogens is 1. The fourth-order valence-electron chi connectivity index (χ4n) is 1.82. The minimum atomic E-state index is 0.739. The lowest BCUT2D eigenvalue weighted by Gasteiger charge is -1.98. The highest BCUT2D eigenvalue weighted by atomic mass is 32.2. The highest BCUT2D eigenvalue weighted by Crippen LogP contribution is 2.21. The van der Waals surface area contributed by atoms with Crippen LogP contribution >= 0.6 is 11.8 Å². The van der Waals surface area contributed by atoms with E-state index in [9.17, 15) is 0 Å². The van der Waals surface area contributed by atoms with Crippen molar-refractivity contribution in [3.63, 3.8) is 0 Å². The number of hydrogen-bond acceptors (Lipinski definition) is 4. The van der Waals surface area contributed by atoms with Crippen molar-refractivity contribution in [3.8, 4) is 11.4 Å². The van der Waals surface area contributed by atoms with Gasteiger partial charge in [-0.2, -0.15) is 0 Å². The summed E-state index contributed by atoms with van der Waals surface area (Å²) >= 11 is 1.57. The van der Waals surface area contributed by atoms with Gasteiger partial charge in [0.2, 0.25) is 5.16 Å². The second kappa shape index (κ2) is 5.50. The van der Waals surface area contributed by atoms with Crippen LogP contribution in [0.2, 0.25) is 0 Å². The maximum absolute atomic E-state index is 4.50. The standard InChI is InChI=1S/C14H15N5S/c1-10-3-5-11(6-4-10)13-16-14(18-17-13)20-9-12-15-7-8-19(12)2/h3-8H,9H2,1-2H3,(H,16,17,18). The largest absolute Gasteiger partial charge is 0.337 e. The van der Waals surface area contributed by atoms with E-state index in [1.54, 1.807) is 18.0 Å². The smallest absolute Gasteiger partial charge is 0.209 e. The molecule has 1 N–H and O–H groups in total. The van der Waals surface area contributed by atoms with Crippen LogP contribution in [0.15, 0.2) is 41.8 Å². The fraction of sp³-hybridized carbons (Fsp3) is 0.214. The van der Waals surface area contributed by atoms with Crippen molar-refractivity contribution in [1.82, 2.24) is 24.7 Å². The normalized spacial score (nSPS) is 10.9. The lowest BCUT2D eigenvalue weighted by atomic mass is 10.1. The highest BCUT2D eigenvalue weighted by Gasteiger charge is 2.07. The maximum atomic E-state index is 4.50. The molecule has 0 aliphatic carbocycles. The van der Waals surface area contributed by atoms with Gasteiger partial charge in [0.1, 0.15) is 5.82 Å². The van der Waals surface area contributed by atoms with Gasteiger partial charge in [-0.3, -0.25) is 5.10 Å². The zero-order valence-corrected chi connectivity index (χ0v) is 12.2. The molecule has 2 heterocycles. The summed E-state index contributed by atoms with van der Waals surface area (Å²) in [6, 6.07) is 8.23. The lowest BCUT2D eigenvalue weighted by molar-refractivity contribution is 0.847. The molecular weight excluding hydrogens is 270 g/mol. The van der Waals surface area contributed by atoms with Crippen molar-refractivity contribution >= 4 is 11.8 Å². The zero-order chi connectivity index (χ0) is 13.9. The Bertz CT molecular complexity index is 698. The maximum Gasteiger partial charge on any atom is 0.209 e. The van der Waals surface area contributed by atoms with E-state index in [1.165, 1.54) is 5.56 Å². The monoisotopic (exact) mass is 285 g/mol. The number of rotatable bonds is 4. The van der Waals surface area contributed by atoms with Gasteiger partial charge < -0.3 is 4.57 Å². The molecule has 1 aromatic carbocycles. The molecule has 0 aliphatic rings. The van der Waals surface area contributed by atoms with Crippen LogP contribution in [0.1, 0.15) is 11.4 Å². The van der Waals surface area contributed by atoms with Gasteiger partial charge in [0.15, 0.2) is 5.82 Å². The van der Waals surface area contributed by atoms with E-state index in [-0.39, 0.29) is 0 Å². The summed E-state index contributed by atoms with van der Waals surface area (Å²) in [5, 5.41) is 7.95. The summed E-state index contributed by atoms with van der Waals surface area (Å²) in [5.41, 5.74) is 2.28. The topological polar surface area (TPSA) is 59.4 Å². The predicted octanol–water partition coefficient (Wildman–Crippen LogP) is 2.81. The SMILES string of the molecule is Cc1ccc(-c2nc(SCc3nccn3C)n[nH]2)cc1. The molecule has 3 rings (SSSR count). The Labute approximate surface area is 121 Å². The summed E-state index contributed by atoms with van der Waals surface area (Å²) in [6.45, 7) is 2.07. The zero-order valence-electron chi connectivity index (χ0n) is 11.4. The average Bonchev–Trinajstić information content (AvgIpc) is 3.06. The van der Waals surface area contributed by atoms with Crippen LogP contribution in [0.3, 0.4) is 0 Å². The number of imidazole rings is 1. The first-order valence-corrected chi connectivity index (χ1v) is 7.29. The van der Waals surface area contributed by atoms with E-state index in [2.05, 4.69) is 39.2 Å². The summed E-state index contributed by atoms with van der Waals surface area (Å²) in [6.07, 6.45) is 3.73. The molecule has 0 saturated heterocycles. The van der Waals surface area contributed by atoms with E-state index in [0.717, 1.165) is 28.1 Å². The van der Waals surface area contributed by atoms with Crippen LogP contribution in [0.5, 0.6) is 0 Å². The molecular formula is C14H15N5S. The predicted molar refractivity (Wildman–Crippen MR) is 79.3 cm³/mol. The molecule has 0 saturated carbocycles. The van der Waals surface area contributed by atoms with E-state index < -0.39 is 0 Å². The van der Waals surface area contributed by atoms with Gasteiger partial charge in [-0.1, -0.05) is 41.6 Å². The Morgan fingerprint density at radius 1 is 1.25 bits per heavy atom. The van der Waals surface area contributed by atoms with Gasteiger partial charge in [0.05, 0.1) is 5.75 Å². The van der Waals surface area contributed by atoms with Crippen LogP contribution < -0.4 is 0 Å². The van der Waals surface area contributed by atoms with Crippen LogP contribution in [0.4, 0.5) is 0 Å². The van der Waals surface area contributed by atoms with Crippen LogP contribution in [-0.2, 0) is 12.8 Å². The van der Waals surface area contributed by atoms with E-state index in [4.69, 9.17) is 0 Å². The third kappa shape index (κ3) is 2.75. The molecule has 6 heteroatoms. The molecule has 20 heavy (non-hydrogen) atoms. The number of hydrogen-bond donors (Lipinski definition) is 1. The van der Waals surface area contributed by atoms with Crippen LogP contribution in [-0.4, -0.2) is 24.7 Å². The van der Waals surface area contributed by atoms with Crippen molar-refractivity contribution in [2.24, 2.45) is 7.05 Å². The van der Waals surface area contributed by atoms with Crippen molar-refractivity contribution in [3.05, 3.63) is 48.0 Å². The number of nitrogens with zero attached hydrogens (tertiary/aromatic N) is 4. The number of thioether (sulfide) groups is 1. The molecule has 0 fully saturated rings. The molecule has 0 atom stereocenters. The first-order chi connectivity index (χ1) is 9.72. The van der Waals surface area contributed by atoms with Gasteiger partial charge in [0, 0.05) is 25.0 Å². The van der Waals surface area contributed by atoms with Crippen LogP contribution in [0, 0.1) is 6.92 Å². The minimum absolute atomic E-state index is 0.739. The van der Waals surface area contributed by atoms with E-state index in [0.29, 0.717) is 0 Å². The van der Waals surface area contributed by atoms with Crippen molar-refractivity contribution in [2.75, 3.05) is 0 Å². The third-order valence-electron chi connectivity index (χ3n) is 3.04. The van der Waals surface area contributed by atoms with Crippen molar-refractivity contribution in [1.29, 1.82) is 0 Å². The highest BCUT2D eigenvalue weighted by molar-refractivity contribution is 7.98. The number of benzene rings is 1. The summed E-state index contributed by atoms with van der Waals surface area (Å²) < 4.78 is 2.00. The molecule has 5 nitrogen and oxygen atoms in total. The van der Waals surface area contributed by atoms with Gasteiger partial charge >= 0.3 is 0 Å². The quantitative estimate of drug-likeness (QED) is 0.749. The third-order valence-corrected chi connectivity index (χ3v) is 3.88. The molecule has 0 aliphatic heterocycles. The van der Waals surface area contributed by atoms with Crippen LogP contribution in [0.25, 0.3) is 11.4 Å². The minimum Gasteiger partial charge on any atom is -0.337 e. The van der Waals surface area contributed by atoms with Gasteiger partial charge in [-0.05, 0) is 6.92 Å². The van der Waals surface area contributed by atoms with E-state index in [1.807, 2.05) is 29.9 Å². The van der Waals surface area contributed by atoms with Crippen molar-refractivity contribution < 1.29 is 0 Å². The summed E-state index contributed by atoms with van der Waals surface area (Å²) in [7, 11) is 1.98. The number of aryl methyl sites for hydroxylation is 2. The second-order valence-electron chi connectivity index (χ2n) is 4.58. The Kier molecular flexibility index (Phi) is 3.56. The first kappa shape index (κ1) is 12.9. The summed E-state index contributed by atoms with van der Waals surface area (Å²) in [4.78, 5) is 8.78. The summed E-state index contributed by atoms with van der Waals surface area (Å²) in [5.74, 6) is 2.57. The van der Waals surface area contributed by atoms with Gasteiger partial charge in [-0.25, -0.2) is 9.97 Å². The number of aromatic nitrogens is 5. The molecule has 0 amide bonds. The molecule has 0 unspecified atom stereocenters. The number of nitrogens with one attached hydrogen (secondary N) is 1. The molecule has 102 valence electrons. The molecule has 2 aromatic heterocycles. The van der Waals surface area contributed by atoms with Gasteiger partial charge in [-0.15, -0.1) is 5.10 Å². The Morgan fingerprint density at radius 3 is 2.75 bits per heavy atom. The molecule has 0 spiro atoms. The second-order valence-corrected chi connectivity index (χ2v) is 5.52. The molecule has 0 radical (unpaired) electrons. The Morgan fingerprint density at radius 2 is 2.05 bits per heavy atom.